The van der Waals surface area contributed by atoms with Gasteiger partial charge in [-0.2, -0.15) is 23.4 Å². The molecule has 3 heterocycles. The average molecular weight is 463 g/mol. The first-order valence-electron chi connectivity index (χ1n) is 9.58. The minimum atomic E-state index is -4.71. The Kier molecular flexibility index (Phi) is 5.41. The number of aryl methyl sites for hydroxylation is 1. The second kappa shape index (κ2) is 7.94. The number of nitrogens with one attached hydrogen (secondary N) is 1. The maximum absolute atomic E-state index is 13.7. The highest BCUT2D eigenvalue weighted by molar-refractivity contribution is 6.30. The number of nitrogens with zero attached hydrogens (tertiary/aromatic N) is 5. The summed E-state index contributed by atoms with van der Waals surface area (Å²) in [6, 6.07) is 7.98. The summed E-state index contributed by atoms with van der Waals surface area (Å²) in [6.45, 7) is 3.61. The van der Waals surface area contributed by atoms with Gasteiger partial charge in [0.25, 0.3) is 5.91 Å². The van der Waals surface area contributed by atoms with Crippen molar-refractivity contribution in [3.8, 4) is 11.3 Å². The van der Waals surface area contributed by atoms with Crippen molar-refractivity contribution in [1.29, 1.82) is 0 Å². The Morgan fingerprint density at radius 3 is 2.47 bits per heavy atom. The van der Waals surface area contributed by atoms with Gasteiger partial charge in [-0.3, -0.25) is 9.48 Å². The number of carbonyl (C=O) groups is 1. The molecule has 3 aromatic heterocycles. The molecule has 1 atom stereocenters. The van der Waals surface area contributed by atoms with Gasteiger partial charge in [-0.25, -0.2) is 9.50 Å². The summed E-state index contributed by atoms with van der Waals surface area (Å²) in [5, 5.41) is 11.2. The van der Waals surface area contributed by atoms with Crippen molar-refractivity contribution in [3.05, 3.63) is 70.3 Å². The smallest absolute Gasteiger partial charge is 0.344 e. The molecule has 0 radical (unpaired) electrons. The van der Waals surface area contributed by atoms with Crippen LogP contribution < -0.4 is 5.32 Å². The highest BCUT2D eigenvalue weighted by Gasteiger charge is 2.35. The van der Waals surface area contributed by atoms with Crippen molar-refractivity contribution in [3.63, 3.8) is 0 Å². The number of hydrogen-bond donors (Lipinski definition) is 1. The molecular formula is C21H18ClF3N6O. The van der Waals surface area contributed by atoms with Crippen LogP contribution in [0.5, 0.6) is 0 Å². The van der Waals surface area contributed by atoms with Gasteiger partial charge >= 0.3 is 6.18 Å². The molecular weight excluding hydrogens is 445 g/mol. The van der Waals surface area contributed by atoms with E-state index in [0.29, 0.717) is 15.1 Å². The maximum Gasteiger partial charge on any atom is 0.433 e. The second-order valence-corrected chi connectivity index (χ2v) is 7.77. The molecule has 0 spiro atoms. The minimum Gasteiger partial charge on any atom is -0.344 e. The summed E-state index contributed by atoms with van der Waals surface area (Å²) in [6.07, 6.45) is -3.08. The number of aromatic nitrogens is 5. The summed E-state index contributed by atoms with van der Waals surface area (Å²) >= 11 is 5.87. The normalized spacial score (nSPS) is 12.8. The topological polar surface area (TPSA) is 77.1 Å². The Labute approximate surface area is 185 Å². The Bertz CT molecular complexity index is 1310. The van der Waals surface area contributed by atoms with Crippen LogP contribution in [0.3, 0.4) is 0 Å². The lowest BCUT2D eigenvalue weighted by atomic mass is 10.1. The summed E-state index contributed by atoms with van der Waals surface area (Å²) in [4.78, 5) is 17.0. The van der Waals surface area contributed by atoms with Crippen LogP contribution in [0.25, 0.3) is 16.9 Å². The summed E-state index contributed by atoms with van der Waals surface area (Å²) in [7, 11) is 1.78. The highest BCUT2D eigenvalue weighted by atomic mass is 35.5. The Morgan fingerprint density at radius 1 is 1.19 bits per heavy atom. The van der Waals surface area contributed by atoms with E-state index in [-0.39, 0.29) is 17.0 Å². The van der Waals surface area contributed by atoms with E-state index in [9.17, 15) is 18.0 Å². The van der Waals surface area contributed by atoms with Crippen molar-refractivity contribution < 1.29 is 18.0 Å². The largest absolute Gasteiger partial charge is 0.433 e. The molecule has 7 nitrogen and oxygen atoms in total. The van der Waals surface area contributed by atoms with Crippen LogP contribution in [0.1, 0.15) is 40.4 Å². The highest BCUT2D eigenvalue weighted by Crippen LogP contribution is 2.32. The molecule has 11 heteroatoms. The number of benzene rings is 1. The summed E-state index contributed by atoms with van der Waals surface area (Å²) < 4.78 is 43.5. The molecule has 0 aliphatic heterocycles. The number of amides is 1. The van der Waals surface area contributed by atoms with Gasteiger partial charge in [0, 0.05) is 35.0 Å². The van der Waals surface area contributed by atoms with Gasteiger partial charge in [0.05, 0.1) is 17.9 Å². The van der Waals surface area contributed by atoms with Crippen LogP contribution in [-0.4, -0.2) is 30.3 Å². The van der Waals surface area contributed by atoms with E-state index in [4.69, 9.17) is 11.6 Å². The van der Waals surface area contributed by atoms with Crippen LogP contribution in [0.15, 0.2) is 42.6 Å². The number of fused-ring (bicyclic) bond motifs is 1. The molecule has 32 heavy (non-hydrogen) atoms. The van der Waals surface area contributed by atoms with Crippen molar-refractivity contribution in [2.45, 2.75) is 26.1 Å². The monoisotopic (exact) mass is 462 g/mol. The molecule has 0 aliphatic rings. The molecule has 1 N–H and O–H groups in total. The molecule has 166 valence electrons. The number of halogens is 4. The number of rotatable bonds is 4. The van der Waals surface area contributed by atoms with Gasteiger partial charge < -0.3 is 5.32 Å². The van der Waals surface area contributed by atoms with Crippen molar-refractivity contribution in [2.24, 2.45) is 7.05 Å². The molecule has 0 bridgehead atoms. The first kappa shape index (κ1) is 21.8. The minimum absolute atomic E-state index is 0.0905. The maximum atomic E-state index is 13.7. The Morgan fingerprint density at radius 2 is 1.88 bits per heavy atom. The van der Waals surface area contributed by atoms with Crippen LogP contribution in [0.2, 0.25) is 5.02 Å². The summed E-state index contributed by atoms with van der Waals surface area (Å²) in [5.74, 6) is -0.618. The van der Waals surface area contributed by atoms with Crippen molar-refractivity contribution in [2.75, 3.05) is 0 Å². The number of hydrogen-bond acceptors (Lipinski definition) is 4. The van der Waals surface area contributed by atoms with E-state index < -0.39 is 23.8 Å². The first-order chi connectivity index (χ1) is 15.0. The third kappa shape index (κ3) is 4.05. The lowest BCUT2D eigenvalue weighted by Gasteiger charge is -2.12. The standard InChI is InChI=1S/C21H18ClF3N6O/c1-11(15-10-26-30(3)12(15)2)27-20(32)17-9-19-28-16(13-4-6-14(22)7-5-13)8-18(21(23,24)25)31(19)29-17/h4-11H,1-3H3,(H,27,32). The predicted octanol–water partition coefficient (Wildman–Crippen LogP) is 4.60. The van der Waals surface area contributed by atoms with Gasteiger partial charge in [0.1, 0.15) is 0 Å². The van der Waals surface area contributed by atoms with Crippen LogP contribution in [-0.2, 0) is 13.2 Å². The molecule has 4 rings (SSSR count). The summed E-state index contributed by atoms with van der Waals surface area (Å²) in [5.41, 5.74) is 0.889. The van der Waals surface area contributed by atoms with Gasteiger partial charge in [-0.05, 0) is 32.0 Å². The second-order valence-electron chi connectivity index (χ2n) is 7.33. The molecule has 1 aromatic carbocycles. The lowest BCUT2D eigenvalue weighted by molar-refractivity contribution is -0.142. The molecule has 1 amide bonds. The zero-order valence-electron chi connectivity index (χ0n) is 17.3. The fraction of sp³-hybridized carbons (Fsp3) is 0.238. The molecule has 0 saturated carbocycles. The third-order valence-corrected chi connectivity index (χ3v) is 5.43. The van der Waals surface area contributed by atoms with E-state index >= 15 is 0 Å². The van der Waals surface area contributed by atoms with Gasteiger partial charge in [0.2, 0.25) is 0 Å². The molecule has 1 unspecified atom stereocenters. The first-order valence-corrected chi connectivity index (χ1v) is 9.95. The van der Waals surface area contributed by atoms with Crippen LogP contribution >= 0.6 is 11.6 Å². The van der Waals surface area contributed by atoms with E-state index in [1.807, 2.05) is 6.92 Å². The van der Waals surface area contributed by atoms with Gasteiger partial charge in [-0.1, -0.05) is 23.7 Å². The van der Waals surface area contributed by atoms with Crippen molar-refractivity contribution in [1.82, 2.24) is 29.7 Å². The number of carbonyl (C=O) groups excluding carboxylic acids is 1. The fourth-order valence-corrected chi connectivity index (χ4v) is 3.47. The Hall–Kier alpha value is -3.40. The molecule has 0 saturated heterocycles. The zero-order valence-corrected chi connectivity index (χ0v) is 18.0. The average Bonchev–Trinajstić information content (AvgIpc) is 3.30. The van der Waals surface area contributed by atoms with Crippen molar-refractivity contribution >= 4 is 23.2 Å². The number of alkyl halides is 3. The van der Waals surface area contributed by atoms with E-state index in [1.165, 1.54) is 6.07 Å². The van der Waals surface area contributed by atoms with E-state index in [1.54, 1.807) is 49.1 Å². The van der Waals surface area contributed by atoms with Gasteiger partial charge in [-0.15, -0.1) is 0 Å². The quantitative estimate of drug-likeness (QED) is 0.481. The van der Waals surface area contributed by atoms with Crippen LogP contribution in [0, 0.1) is 6.92 Å². The van der Waals surface area contributed by atoms with Gasteiger partial charge in [0.15, 0.2) is 17.0 Å². The fourth-order valence-electron chi connectivity index (χ4n) is 3.35. The molecule has 0 fully saturated rings. The zero-order chi connectivity index (χ0) is 23.2. The van der Waals surface area contributed by atoms with E-state index in [2.05, 4.69) is 20.5 Å². The van der Waals surface area contributed by atoms with Crippen LogP contribution in [0.4, 0.5) is 13.2 Å². The third-order valence-electron chi connectivity index (χ3n) is 5.18. The predicted molar refractivity (Wildman–Crippen MR) is 112 cm³/mol. The molecule has 0 aliphatic carbocycles. The lowest BCUT2D eigenvalue weighted by Crippen LogP contribution is -2.27. The Balaban J connectivity index is 1.73. The molecule has 4 aromatic rings. The SMILES string of the molecule is Cc1c(C(C)NC(=O)c2cc3nc(-c4ccc(Cl)cc4)cc(C(F)(F)F)n3n2)cnn1C. The van der Waals surface area contributed by atoms with E-state index in [0.717, 1.165) is 17.3 Å².